The third-order valence-corrected chi connectivity index (χ3v) is 5.28. The number of hydrogen-bond acceptors (Lipinski definition) is 2. The second-order valence-corrected chi connectivity index (χ2v) is 6.41. The van der Waals surface area contributed by atoms with Crippen molar-refractivity contribution in [1.82, 2.24) is 10.2 Å². The highest BCUT2D eigenvalue weighted by molar-refractivity contribution is 5.94. The predicted octanol–water partition coefficient (Wildman–Crippen LogP) is 2.96. The molecule has 0 bridgehead atoms. The van der Waals surface area contributed by atoms with Gasteiger partial charge in [0.2, 0.25) is 0 Å². The van der Waals surface area contributed by atoms with Gasteiger partial charge in [-0.25, -0.2) is 4.39 Å². The van der Waals surface area contributed by atoms with Crippen LogP contribution in [0.4, 0.5) is 4.39 Å². The molecule has 0 unspecified atom stereocenters. The summed E-state index contributed by atoms with van der Waals surface area (Å²) >= 11 is 0. The molecule has 2 aliphatic rings. The number of likely N-dealkylation sites (N-methyl/N-ethyl adjacent to an activating group) is 1. The molecule has 0 aromatic heterocycles. The molecular weight excluding hydrogens is 267 g/mol. The molecule has 21 heavy (non-hydrogen) atoms. The summed E-state index contributed by atoms with van der Waals surface area (Å²) in [7, 11) is 2.18. The largest absolute Gasteiger partial charge is 0.347 e. The highest BCUT2D eigenvalue weighted by Crippen LogP contribution is 2.40. The van der Waals surface area contributed by atoms with Gasteiger partial charge in [0.05, 0.1) is 0 Å². The average Bonchev–Trinajstić information content (AvgIpc) is 2.84. The highest BCUT2D eigenvalue weighted by atomic mass is 19.1. The minimum Gasteiger partial charge on any atom is -0.347 e. The monoisotopic (exact) mass is 290 g/mol. The lowest BCUT2D eigenvalue weighted by molar-refractivity contribution is 0.0641. The van der Waals surface area contributed by atoms with Crippen molar-refractivity contribution in [3.63, 3.8) is 0 Å². The first-order valence-corrected chi connectivity index (χ1v) is 7.89. The number of likely N-dealkylation sites (tertiary alicyclic amines) is 1. The number of carbonyl (C=O) groups is 1. The van der Waals surface area contributed by atoms with Gasteiger partial charge in [-0.3, -0.25) is 9.69 Å². The quantitative estimate of drug-likeness (QED) is 0.908. The molecular formula is C17H23FN2O. The average molecular weight is 290 g/mol. The molecule has 2 atom stereocenters. The first kappa shape index (κ1) is 14.5. The number of rotatable bonds is 2. The van der Waals surface area contributed by atoms with Gasteiger partial charge in [-0.1, -0.05) is 12.8 Å². The molecule has 2 fully saturated rings. The van der Waals surface area contributed by atoms with Crippen LogP contribution in [0.15, 0.2) is 24.3 Å². The van der Waals surface area contributed by atoms with Crippen molar-refractivity contribution in [1.29, 1.82) is 0 Å². The standard InChI is InChI=1S/C17H23FN2O/c1-20-12-4-11-17(20)10-3-2-5-15(17)19-16(21)13-6-8-14(18)9-7-13/h6-9,15H,2-5,10-12H2,1H3,(H,19,21)/t15-,17+/m0/s1. The summed E-state index contributed by atoms with van der Waals surface area (Å²) in [4.78, 5) is 14.9. The maximum absolute atomic E-state index is 13.0. The molecule has 3 nitrogen and oxygen atoms in total. The Bertz CT molecular complexity index is 516. The highest BCUT2D eigenvalue weighted by Gasteiger charge is 2.46. The van der Waals surface area contributed by atoms with Gasteiger partial charge in [-0.15, -0.1) is 0 Å². The van der Waals surface area contributed by atoms with Crippen LogP contribution < -0.4 is 5.32 Å². The molecule has 1 saturated heterocycles. The van der Waals surface area contributed by atoms with Crippen molar-refractivity contribution in [2.75, 3.05) is 13.6 Å². The minimum atomic E-state index is -0.309. The summed E-state index contributed by atoms with van der Waals surface area (Å²) in [6.45, 7) is 1.11. The first-order chi connectivity index (χ1) is 10.1. The van der Waals surface area contributed by atoms with Crippen molar-refractivity contribution in [3.05, 3.63) is 35.6 Å². The Balaban J connectivity index is 1.75. The van der Waals surface area contributed by atoms with Crippen LogP contribution in [0, 0.1) is 5.82 Å². The van der Waals surface area contributed by atoms with Gasteiger partial charge >= 0.3 is 0 Å². The van der Waals surface area contributed by atoms with Crippen molar-refractivity contribution < 1.29 is 9.18 Å². The van der Waals surface area contributed by atoms with Gasteiger partial charge < -0.3 is 5.32 Å². The molecule has 1 heterocycles. The van der Waals surface area contributed by atoms with E-state index in [4.69, 9.17) is 0 Å². The zero-order chi connectivity index (χ0) is 14.9. The van der Waals surface area contributed by atoms with Gasteiger partial charge in [0, 0.05) is 17.1 Å². The second-order valence-electron chi connectivity index (χ2n) is 6.41. The predicted molar refractivity (Wildman–Crippen MR) is 80.7 cm³/mol. The Morgan fingerprint density at radius 1 is 1.24 bits per heavy atom. The van der Waals surface area contributed by atoms with E-state index in [1.54, 1.807) is 12.1 Å². The molecule has 1 aliphatic heterocycles. The van der Waals surface area contributed by atoms with E-state index in [1.165, 1.54) is 31.4 Å². The Hall–Kier alpha value is -1.42. The number of nitrogens with zero attached hydrogens (tertiary/aromatic N) is 1. The molecule has 1 aromatic rings. The van der Waals surface area contributed by atoms with E-state index in [9.17, 15) is 9.18 Å². The maximum Gasteiger partial charge on any atom is 0.251 e. The Kier molecular flexibility index (Phi) is 3.98. The Labute approximate surface area is 125 Å². The lowest BCUT2D eigenvalue weighted by Gasteiger charge is -2.46. The fourth-order valence-corrected chi connectivity index (χ4v) is 4.06. The maximum atomic E-state index is 13.0. The first-order valence-electron chi connectivity index (χ1n) is 7.89. The third kappa shape index (κ3) is 2.69. The van der Waals surface area contributed by atoms with Gasteiger partial charge in [0.15, 0.2) is 0 Å². The molecule has 1 saturated carbocycles. The van der Waals surface area contributed by atoms with Crippen LogP contribution in [-0.4, -0.2) is 36.0 Å². The fourth-order valence-electron chi connectivity index (χ4n) is 4.06. The number of hydrogen-bond donors (Lipinski definition) is 1. The van der Waals surface area contributed by atoms with Gasteiger partial charge in [-0.05, 0) is 63.5 Å². The molecule has 3 rings (SSSR count). The number of nitrogens with one attached hydrogen (secondary N) is 1. The summed E-state index contributed by atoms with van der Waals surface area (Å²) in [5, 5.41) is 3.21. The fraction of sp³-hybridized carbons (Fsp3) is 0.588. The Morgan fingerprint density at radius 3 is 2.62 bits per heavy atom. The molecule has 1 aromatic carbocycles. The molecule has 1 spiro atoms. The van der Waals surface area contributed by atoms with E-state index >= 15 is 0 Å². The van der Waals surface area contributed by atoms with Gasteiger partial charge in [0.25, 0.3) is 5.91 Å². The van der Waals surface area contributed by atoms with E-state index in [1.807, 2.05) is 0 Å². The molecule has 1 amide bonds. The number of halogens is 1. The summed E-state index contributed by atoms with van der Waals surface area (Å²) in [5.74, 6) is -0.391. The van der Waals surface area contributed by atoms with E-state index in [0.717, 1.165) is 25.8 Å². The lowest BCUT2D eigenvalue weighted by atomic mass is 9.75. The van der Waals surface area contributed by atoms with Crippen LogP contribution in [0.1, 0.15) is 48.9 Å². The molecule has 1 aliphatic carbocycles. The van der Waals surface area contributed by atoms with Crippen LogP contribution in [0.5, 0.6) is 0 Å². The van der Waals surface area contributed by atoms with Crippen LogP contribution in [0.2, 0.25) is 0 Å². The minimum absolute atomic E-state index is 0.0819. The molecule has 114 valence electrons. The second kappa shape index (κ2) is 5.76. The van der Waals surface area contributed by atoms with Crippen molar-refractivity contribution in [2.24, 2.45) is 0 Å². The van der Waals surface area contributed by atoms with E-state index < -0.39 is 0 Å². The summed E-state index contributed by atoms with van der Waals surface area (Å²) < 4.78 is 13.0. The van der Waals surface area contributed by atoms with Gasteiger partial charge in [-0.2, -0.15) is 0 Å². The zero-order valence-electron chi connectivity index (χ0n) is 12.6. The number of amides is 1. The van der Waals surface area contributed by atoms with Crippen LogP contribution in [0.25, 0.3) is 0 Å². The van der Waals surface area contributed by atoms with Crippen LogP contribution >= 0.6 is 0 Å². The normalized spacial score (nSPS) is 29.7. The molecule has 0 radical (unpaired) electrons. The SMILES string of the molecule is CN1CCC[C@@]12CCCC[C@@H]2NC(=O)c1ccc(F)cc1. The summed E-state index contributed by atoms with van der Waals surface area (Å²) in [6, 6.07) is 5.99. The number of benzene rings is 1. The summed E-state index contributed by atoms with van der Waals surface area (Å²) in [5.41, 5.74) is 0.672. The topological polar surface area (TPSA) is 32.3 Å². The van der Waals surface area contributed by atoms with Crippen molar-refractivity contribution in [3.8, 4) is 0 Å². The molecule has 1 N–H and O–H groups in total. The summed E-state index contributed by atoms with van der Waals surface area (Å²) in [6.07, 6.45) is 6.99. The third-order valence-electron chi connectivity index (χ3n) is 5.28. The molecule has 4 heteroatoms. The van der Waals surface area contributed by atoms with Crippen molar-refractivity contribution in [2.45, 2.75) is 50.1 Å². The number of carbonyl (C=O) groups excluding carboxylic acids is 1. The van der Waals surface area contributed by atoms with Crippen LogP contribution in [0.3, 0.4) is 0 Å². The van der Waals surface area contributed by atoms with Crippen LogP contribution in [-0.2, 0) is 0 Å². The van der Waals surface area contributed by atoms with Gasteiger partial charge in [0.1, 0.15) is 5.82 Å². The lowest BCUT2D eigenvalue weighted by Crippen LogP contribution is -2.59. The Morgan fingerprint density at radius 2 is 1.95 bits per heavy atom. The zero-order valence-corrected chi connectivity index (χ0v) is 12.6. The van der Waals surface area contributed by atoms with E-state index in [-0.39, 0.29) is 23.3 Å². The van der Waals surface area contributed by atoms with E-state index in [2.05, 4.69) is 17.3 Å². The smallest absolute Gasteiger partial charge is 0.251 e. The van der Waals surface area contributed by atoms with E-state index in [0.29, 0.717) is 5.56 Å². The van der Waals surface area contributed by atoms with Crippen molar-refractivity contribution >= 4 is 5.91 Å².